The summed E-state index contributed by atoms with van der Waals surface area (Å²) in [5.74, 6) is -1.07. The first kappa shape index (κ1) is 14.1. The second kappa shape index (κ2) is 5.29. The van der Waals surface area contributed by atoms with Crippen molar-refractivity contribution in [1.82, 2.24) is 0 Å². The van der Waals surface area contributed by atoms with Gasteiger partial charge in [-0.2, -0.15) is 0 Å². The van der Waals surface area contributed by atoms with Gasteiger partial charge in [-0.1, -0.05) is 0 Å². The standard InChI is InChI=1S/C8H14O7/c1-4(11)8(15,3-10)7(14)6(13)5(12)2-9/h3,5-7,9,12-15H,2H2,1H3. The van der Waals surface area contributed by atoms with Gasteiger partial charge in [0.1, 0.15) is 18.3 Å². The van der Waals surface area contributed by atoms with Crippen LogP contribution in [-0.2, 0) is 9.59 Å². The van der Waals surface area contributed by atoms with Crippen molar-refractivity contribution in [3.63, 3.8) is 0 Å². The third-order valence-electron chi connectivity index (χ3n) is 2.10. The van der Waals surface area contributed by atoms with Gasteiger partial charge in [0, 0.05) is 0 Å². The molecule has 0 saturated carbocycles. The normalized spacial score (nSPS) is 21.2. The van der Waals surface area contributed by atoms with Crippen LogP contribution in [0.15, 0.2) is 0 Å². The van der Waals surface area contributed by atoms with Crippen LogP contribution in [0.1, 0.15) is 6.92 Å². The van der Waals surface area contributed by atoms with E-state index in [2.05, 4.69) is 0 Å². The Labute approximate surface area is 85.6 Å². The first-order chi connectivity index (χ1) is 6.81. The van der Waals surface area contributed by atoms with Crippen molar-refractivity contribution < 1.29 is 35.1 Å². The number of Topliss-reactive ketones (excluding diaryl/α,β-unsaturated/α-hetero) is 1. The minimum atomic E-state index is -2.78. The average Bonchev–Trinajstić information content (AvgIpc) is 2.24. The minimum absolute atomic E-state index is 0.229. The lowest BCUT2D eigenvalue weighted by Gasteiger charge is -2.30. The number of carbonyl (C=O) groups excluding carboxylic acids is 2. The zero-order valence-corrected chi connectivity index (χ0v) is 8.07. The molecular weight excluding hydrogens is 208 g/mol. The Morgan fingerprint density at radius 2 is 1.87 bits per heavy atom. The van der Waals surface area contributed by atoms with Gasteiger partial charge in [-0.25, -0.2) is 0 Å². The first-order valence-electron chi connectivity index (χ1n) is 4.16. The molecule has 0 aromatic carbocycles. The van der Waals surface area contributed by atoms with Gasteiger partial charge in [-0.05, 0) is 6.92 Å². The molecule has 0 spiro atoms. The Kier molecular flexibility index (Phi) is 4.98. The zero-order valence-electron chi connectivity index (χ0n) is 8.07. The molecule has 0 aromatic heterocycles. The Balaban J connectivity index is 4.87. The van der Waals surface area contributed by atoms with E-state index in [1.54, 1.807) is 0 Å². The van der Waals surface area contributed by atoms with Gasteiger partial charge in [0.15, 0.2) is 12.1 Å². The molecule has 0 fully saturated rings. The van der Waals surface area contributed by atoms with Crippen LogP contribution in [0.4, 0.5) is 0 Å². The Hall–Kier alpha value is -0.860. The second-order valence-corrected chi connectivity index (χ2v) is 3.18. The van der Waals surface area contributed by atoms with E-state index in [-0.39, 0.29) is 6.29 Å². The highest BCUT2D eigenvalue weighted by molar-refractivity contribution is 6.00. The number of hydrogen-bond donors (Lipinski definition) is 5. The minimum Gasteiger partial charge on any atom is -0.394 e. The van der Waals surface area contributed by atoms with Gasteiger partial charge >= 0.3 is 0 Å². The van der Waals surface area contributed by atoms with Crippen LogP contribution in [-0.4, -0.2) is 68.1 Å². The molecule has 0 rings (SSSR count). The van der Waals surface area contributed by atoms with Crippen molar-refractivity contribution in [2.24, 2.45) is 0 Å². The highest BCUT2D eigenvalue weighted by Gasteiger charge is 2.46. The smallest absolute Gasteiger partial charge is 0.206 e. The predicted molar refractivity (Wildman–Crippen MR) is 46.8 cm³/mol. The summed E-state index contributed by atoms with van der Waals surface area (Å²) < 4.78 is 0. The highest BCUT2D eigenvalue weighted by atomic mass is 16.4. The molecule has 7 heteroatoms. The number of aliphatic hydroxyl groups is 5. The number of aliphatic hydroxyl groups excluding tert-OH is 4. The van der Waals surface area contributed by atoms with Crippen molar-refractivity contribution in [2.75, 3.05) is 6.61 Å². The Morgan fingerprint density at radius 3 is 2.13 bits per heavy atom. The topological polar surface area (TPSA) is 135 Å². The molecule has 88 valence electrons. The van der Waals surface area contributed by atoms with E-state index in [1.807, 2.05) is 0 Å². The fraction of sp³-hybridized carbons (Fsp3) is 0.750. The number of hydrogen-bond acceptors (Lipinski definition) is 7. The fourth-order valence-electron chi connectivity index (χ4n) is 0.940. The lowest BCUT2D eigenvalue weighted by molar-refractivity contribution is -0.173. The average molecular weight is 222 g/mol. The van der Waals surface area contributed by atoms with E-state index in [4.69, 9.17) is 10.2 Å². The monoisotopic (exact) mass is 222 g/mol. The summed E-state index contributed by atoms with van der Waals surface area (Å²) in [7, 11) is 0. The molecule has 0 aliphatic rings. The molecule has 4 unspecified atom stereocenters. The van der Waals surface area contributed by atoms with Gasteiger partial charge in [0.2, 0.25) is 5.60 Å². The van der Waals surface area contributed by atoms with Crippen molar-refractivity contribution in [1.29, 1.82) is 0 Å². The predicted octanol–water partition coefficient (Wildman–Crippen LogP) is -3.42. The van der Waals surface area contributed by atoms with Gasteiger partial charge < -0.3 is 25.5 Å². The van der Waals surface area contributed by atoms with Gasteiger partial charge in [-0.15, -0.1) is 0 Å². The van der Waals surface area contributed by atoms with Crippen LogP contribution in [0, 0.1) is 0 Å². The van der Waals surface area contributed by atoms with E-state index >= 15 is 0 Å². The van der Waals surface area contributed by atoms with Gasteiger partial charge in [-0.3, -0.25) is 9.59 Å². The molecule has 0 aliphatic heterocycles. The van der Waals surface area contributed by atoms with E-state index in [1.165, 1.54) is 0 Å². The molecule has 15 heavy (non-hydrogen) atoms. The van der Waals surface area contributed by atoms with Gasteiger partial charge in [0.25, 0.3) is 0 Å². The van der Waals surface area contributed by atoms with Crippen molar-refractivity contribution >= 4 is 12.1 Å². The van der Waals surface area contributed by atoms with Crippen LogP contribution in [0.2, 0.25) is 0 Å². The maximum absolute atomic E-state index is 10.9. The van der Waals surface area contributed by atoms with E-state index in [0.29, 0.717) is 0 Å². The van der Waals surface area contributed by atoms with Gasteiger partial charge in [0.05, 0.1) is 6.61 Å². The first-order valence-corrected chi connectivity index (χ1v) is 4.16. The second-order valence-electron chi connectivity index (χ2n) is 3.18. The van der Waals surface area contributed by atoms with Crippen molar-refractivity contribution in [3.8, 4) is 0 Å². The molecule has 0 saturated heterocycles. The maximum atomic E-state index is 10.9. The van der Waals surface area contributed by atoms with Crippen LogP contribution in [0.5, 0.6) is 0 Å². The number of ketones is 1. The summed E-state index contributed by atoms with van der Waals surface area (Å²) in [6, 6.07) is 0. The van der Waals surface area contributed by atoms with E-state index in [9.17, 15) is 24.9 Å². The molecule has 0 radical (unpaired) electrons. The zero-order chi connectivity index (χ0) is 12.2. The lowest BCUT2D eigenvalue weighted by atomic mass is 9.88. The molecule has 0 bridgehead atoms. The third-order valence-corrected chi connectivity index (χ3v) is 2.10. The lowest BCUT2D eigenvalue weighted by Crippen LogP contribution is -2.58. The van der Waals surface area contributed by atoms with Crippen LogP contribution >= 0.6 is 0 Å². The summed E-state index contributed by atoms with van der Waals surface area (Å²) >= 11 is 0. The molecule has 7 nitrogen and oxygen atoms in total. The molecule has 0 amide bonds. The van der Waals surface area contributed by atoms with Crippen LogP contribution in [0.3, 0.4) is 0 Å². The Morgan fingerprint density at radius 1 is 1.40 bits per heavy atom. The Bertz CT molecular complexity index is 241. The summed E-state index contributed by atoms with van der Waals surface area (Å²) in [5, 5.41) is 45.2. The van der Waals surface area contributed by atoms with Crippen molar-refractivity contribution in [3.05, 3.63) is 0 Å². The van der Waals surface area contributed by atoms with Crippen molar-refractivity contribution in [2.45, 2.75) is 30.8 Å². The van der Waals surface area contributed by atoms with Crippen LogP contribution in [0.25, 0.3) is 0 Å². The molecule has 0 aromatic rings. The number of carbonyl (C=O) groups is 2. The molecule has 5 N–H and O–H groups in total. The highest BCUT2D eigenvalue weighted by Crippen LogP contribution is 2.15. The maximum Gasteiger partial charge on any atom is 0.206 e. The summed E-state index contributed by atoms with van der Waals surface area (Å²) in [5.41, 5.74) is -2.78. The molecule has 0 aliphatic carbocycles. The van der Waals surface area contributed by atoms with Crippen LogP contribution < -0.4 is 0 Å². The molecule has 4 atom stereocenters. The summed E-state index contributed by atoms with van der Waals surface area (Å²) in [4.78, 5) is 21.3. The number of rotatable bonds is 6. The van der Waals surface area contributed by atoms with E-state index < -0.39 is 36.3 Å². The molecule has 0 heterocycles. The van der Waals surface area contributed by atoms with E-state index in [0.717, 1.165) is 6.92 Å². The molecular formula is C8H14O7. The third kappa shape index (κ3) is 2.80. The number of aldehydes is 1. The fourth-order valence-corrected chi connectivity index (χ4v) is 0.940. The SMILES string of the molecule is CC(=O)C(O)(C=O)C(O)C(O)C(O)CO. The quantitative estimate of drug-likeness (QED) is 0.233. The summed E-state index contributed by atoms with van der Waals surface area (Å²) in [6.07, 6.45) is -6.19. The largest absolute Gasteiger partial charge is 0.394 e. The summed E-state index contributed by atoms with van der Waals surface area (Å²) in [6.45, 7) is -0.0409.